The molecule has 1 N–H and O–H groups in total. The van der Waals surface area contributed by atoms with Gasteiger partial charge < -0.3 is 10.1 Å². The smallest absolute Gasteiger partial charge is 0.263 e. The minimum atomic E-state index is -0.946. The lowest BCUT2D eigenvalue weighted by Crippen LogP contribution is -2.43. The first-order valence-electron chi connectivity index (χ1n) is 9.21. The van der Waals surface area contributed by atoms with Gasteiger partial charge in [0, 0.05) is 5.69 Å². The van der Waals surface area contributed by atoms with Crippen LogP contribution in [0.1, 0.15) is 6.92 Å². The fraction of sp³-hybridized carbons (Fsp3) is 0.250. The standard InChI is InChI=1S/C20H19N5O4/c1-2-29-15-10-8-14(9-11-15)25-19(27)17-18(20(25)28)24(23-22-17)12-16(26)21-13-6-4-3-5-7-13/h3-11,17-18H,2,12H2,1H3,(H,21,26)/t17-,18-/m0/s1. The molecule has 0 saturated carbocycles. The predicted molar refractivity (Wildman–Crippen MR) is 104 cm³/mol. The first kappa shape index (κ1) is 18.6. The zero-order valence-electron chi connectivity index (χ0n) is 15.7. The predicted octanol–water partition coefficient (Wildman–Crippen LogP) is 2.02. The third-order valence-electron chi connectivity index (χ3n) is 4.63. The van der Waals surface area contributed by atoms with E-state index in [0.717, 1.165) is 4.90 Å². The van der Waals surface area contributed by atoms with Crippen LogP contribution in [0, 0.1) is 0 Å². The van der Waals surface area contributed by atoms with Gasteiger partial charge in [-0.1, -0.05) is 23.4 Å². The second-order valence-electron chi connectivity index (χ2n) is 6.55. The highest BCUT2D eigenvalue weighted by Gasteiger charge is 2.55. The first-order valence-corrected chi connectivity index (χ1v) is 9.21. The fourth-order valence-electron chi connectivity index (χ4n) is 3.34. The van der Waals surface area contributed by atoms with E-state index >= 15 is 0 Å². The molecule has 0 aliphatic carbocycles. The Balaban J connectivity index is 1.47. The minimum Gasteiger partial charge on any atom is -0.494 e. The summed E-state index contributed by atoms with van der Waals surface area (Å²) in [5.74, 6) is -0.620. The van der Waals surface area contributed by atoms with Gasteiger partial charge >= 0.3 is 0 Å². The van der Waals surface area contributed by atoms with E-state index in [4.69, 9.17) is 4.74 Å². The maximum Gasteiger partial charge on any atom is 0.263 e. The van der Waals surface area contributed by atoms with Gasteiger partial charge in [0.1, 0.15) is 12.3 Å². The van der Waals surface area contributed by atoms with E-state index in [1.165, 1.54) is 5.01 Å². The second kappa shape index (κ2) is 7.70. The van der Waals surface area contributed by atoms with E-state index in [1.54, 1.807) is 48.5 Å². The number of fused-ring (bicyclic) bond motifs is 1. The molecular formula is C20H19N5O4. The van der Waals surface area contributed by atoms with Crippen LogP contribution in [0.2, 0.25) is 0 Å². The van der Waals surface area contributed by atoms with Crippen molar-refractivity contribution < 1.29 is 19.1 Å². The van der Waals surface area contributed by atoms with Crippen LogP contribution >= 0.6 is 0 Å². The SMILES string of the molecule is CCOc1ccc(N2C(=O)[C@H]3N=NN(CC(=O)Nc4ccccc4)[C@@H]3C2=O)cc1. The Morgan fingerprint density at radius 1 is 1.07 bits per heavy atom. The molecule has 0 unspecified atom stereocenters. The van der Waals surface area contributed by atoms with Crippen molar-refractivity contribution in [3.63, 3.8) is 0 Å². The minimum absolute atomic E-state index is 0.185. The van der Waals surface area contributed by atoms with E-state index in [0.29, 0.717) is 23.7 Å². The molecular weight excluding hydrogens is 374 g/mol. The van der Waals surface area contributed by atoms with Crippen molar-refractivity contribution in [3.05, 3.63) is 54.6 Å². The van der Waals surface area contributed by atoms with Crippen LogP contribution in [0.25, 0.3) is 0 Å². The lowest BCUT2D eigenvalue weighted by molar-refractivity contribution is -0.123. The molecule has 0 bridgehead atoms. The molecule has 2 aliphatic rings. The number of amides is 3. The molecule has 2 atom stereocenters. The second-order valence-corrected chi connectivity index (χ2v) is 6.55. The molecule has 2 aliphatic heterocycles. The highest BCUT2D eigenvalue weighted by molar-refractivity contribution is 6.25. The summed E-state index contributed by atoms with van der Waals surface area (Å²) in [5, 5.41) is 11.8. The van der Waals surface area contributed by atoms with Gasteiger partial charge in [-0.05, 0) is 43.3 Å². The van der Waals surface area contributed by atoms with Crippen LogP contribution in [-0.4, -0.2) is 48.0 Å². The number of rotatable bonds is 6. The third kappa shape index (κ3) is 3.54. The number of hydrogen-bond acceptors (Lipinski definition) is 7. The molecule has 0 radical (unpaired) electrons. The largest absolute Gasteiger partial charge is 0.494 e. The van der Waals surface area contributed by atoms with Crippen molar-refractivity contribution in [1.82, 2.24) is 5.01 Å². The Morgan fingerprint density at radius 2 is 1.79 bits per heavy atom. The molecule has 0 aromatic heterocycles. The molecule has 4 rings (SSSR count). The summed E-state index contributed by atoms with van der Waals surface area (Å²) in [6, 6.07) is 13.8. The summed E-state index contributed by atoms with van der Waals surface area (Å²) >= 11 is 0. The number of anilines is 2. The Hall–Kier alpha value is -3.75. The Bertz CT molecular complexity index is 961. The van der Waals surface area contributed by atoms with Crippen molar-refractivity contribution in [2.75, 3.05) is 23.4 Å². The number of hydrogen-bond donors (Lipinski definition) is 1. The van der Waals surface area contributed by atoms with Crippen molar-refractivity contribution in [1.29, 1.82) is 0 Å². The number of benzene rings is 2. The van der Waals surface area contributed by atoms with Crippen LogP contribution in [0.5, 0.6) is 5.75 Å². The third-order valence-corrected chi connectivity index (χ3v) is 4.63. The highest BCUT2D eigenvalue weighted by Crippen LogP contribution is 2.32. The molecule has 148 valence electrons. The zero-order valence-corrected chi connectivity index (χ0v) is 15.7. The normalized spacial score (nSPS) is 20.2. The molecule has 1 fully saturated rings. The topological polar surface area (TPSA) is 104 Å². The van der Waals surface area contributed by atoms with E-state index in [2.05, 4.69) is 15.7 Å². The molecule has 9 heteroatoms. The maximum absolute atomic E-state index is 12.9. The average Bonchev–Trinajstić information content (AvgIpc) is 3.23. The molecule has 9 nitrogen and oxygen atoms in total. The Morgan fingerprint density at radius 3 is 2.48 bits per heavy atom. The molecule has 29 heavy (non-hydrogen) atoms. The lowest BCUT2D eigenvalue weighted by atomic mass is 10.1. The summed E-state index contributed by atoms with van der Waals surface area (Å²) in [5.41, 5.74) is 1.07. The van der Waals surface area contributed by atoms with Crippen molar-refractivity contribution in [2.24, 2.45) is 10.3 Å². The highest BCUT2D eigenvalue weighted by atomic mass is 16.5. The number of imide groups is 1. The van der Waals surface area contributed by atoms with E-state index < -0.39 is 23.9 Å². The fourth-order valence-corrected chi connectivity index (χ4v) is 3.34. The monoisotopic (exact) mass is 393 g/mol. The van der Waals surface area contributed by atoms with Crippen molar-refractivity contribution in [2.45, 2.75) is 19.0 Å². The van der Waals surface area contributed by atoms with Gasteiger partial charge in [-0.3, -0.25) is 19.4 Å². The average molecular weight is 393 g/mol. The maximum atomic E-state index is 12.9. The summed E-state index contributed by atoms with van der Waals surface area (Å²) in [6.07, 6.45) is 0. The lowest BCUT2D eigenvalue weighted by Gasteiger charge is -2.20. The number of para-hydroxylation sites is 1. The zero-order chi connectivity index (χ0) is 20.4. The van der Waals surface area contributed by atoms with E-state index in [9.17, 15) is 14.4 Å². The van der Waals surface area contributed by atoms with E-state index in [-0.39, 0.29) is 12.5 Å². The van der Waals surface area contributed by atoms with Crippen LogP contribution < -0.4 is 15.0 Å². The number of carbonyl (C=O) groups is 3. The molecule has 2 heterocycles. The molecule has 2 aromatic rings. The van der Waals surface area contributed by atoms with Crippen LogP contribution in [0.4, 0.5) is 11.4 Å². The summed E-state index contributed by atoms with van der Waals surface area (Å²) < 4.78 is 5.39. The summed E-state index contributed by atoms with van der Waals surface area (Å²) in [4.78, 5) is 39.1. The van der Waals surface area contributed by atoms with Crippen LogP contribution in [0.15, 0.2) is 64.9 Å². The van der Waals surface area contributed by atoms with Crippen molar-refractivity contribution >= 4 is 29.1 Å². The van der Waals surface area contributed by atoms with Gasteiger partial charge in [0.15, 0.2) is 12.1 Å². The number of carbonyl (C=O) groups excluding carboxylic acids is 3. The van der Waals surface area contributed by atoms with Gasteiger partial charge in [-0.25, -0.2) is 4.90 Å². The Labute approximate surface area is 166 Å². The molecule has 1 saturated heterocycles. The molecule has 2 aromatic carbocycles. The molecule has 0 spiro atoms. The first-order chi connectivity index (χ1) is 14.1. The van der Waals surface area contributed by atoms with Crippen LogP contribution in [0.3, 0.4) is 0 Å². The summed E-state index contributed by atoms with van der Waals surface area (Å²) in [6.45, 7) is 2.21. The van der Waals surface area contributed by atoms with Crippen molar-refractivity contribution in [3.8, 4) is 5.75 Å². The van der Waals surface area contributed by atoms with Gasteiger partial charge in [0.25, 0.3) is 11.8 Å². The van der Waals surface area contributed by atoms with Gasteiger partial charge in [0.2, 0.25) is 5.91 Å². The number of nitrogens with one attached hydrogen (secondary N) is 1. The number of ether oxygens (including phenoxy) is 1. The van der Waals surface area contributed by atoms with Gasteiger partial charge in [-0.2, -0.15) is 5.11 Å². The molecule has 3 amide bonds. The van der Waals surface area contributed by atoms with Crippen LogP contribution in [-0.2, 0) is 14.4 Å². The quantitative estimate of drug-likeness (QED) is 0.756. The van der Waals surface area contributed by atoms with E-state index in [1.807, 2.05) is 13.0 Å². The Kier molecular flexibility index (Phi) is 4.94. The number of nitrogens with zero attached hydrogens (tertiary/aromatic N) is 4. The summed E-state index contributed by atoms with van der Waals surface area (Å²) in [7, 11) is 0. The van der Waals surface area contributed by atoms with Gasteiger partial charge in [0.05, 0.1) is 12.3 Å². The van der Waals surface area contributed by atoms with Gasteiger partial charge in [-0.15, -0.1) is 0 Å².